The minimum absolute atomic E-state index is 0.00780. The highest BCUT2D eigenvalue weighted by molar-refractivity contribution is 6.19. The van der Waals surface area contributed by atoms with Crippen LogP contribution < -0.4 is 0 Å². The number of carbonyl (C=O) groups is 3. The lowest BCUT2D eigenvalue weighted by molar-refractivity contribution is -0.162. The van der Waals surface area contributed by atoms with Gasteiger partial charge in [-0.3, -0.25) is 14.4 Å². The van der Waals surface area contributed by atoms with Gasteiger partial charge in [-0.25, -0.2) is 0 Å². The fourth-order valence-electron chi connectivity index (χ4n) is 3.76. The van der Waals surface area contributed by atoms with E-state index >= 15 is 0 Å². The highest BCUT2D eigenvalue weighted by Gasteiger charge is 2.55. The van der Waals surface area contributed by atoms with E-state index in [0.29, 0.717) is 11.1 Å². The molecule has 0 amide bonds. The van der Waals surface area contributed by atoms with Crippen LogP contribution in [-0.4, -0.2) is 23.1 Å². The highest BCUT2D eigenvalue weighted by atomic mass is 16.6. The Morgan fingerprint density at radius 3 is 2.24 bits per heavy atom. The summed E-state index contributed by atoms with van der Waals surface area (Å²) in [6.07, 6.45) is 1.99. The van der Waals surface area contributed by atoms with E-state index in [-0.39, 0.29) is 24.4 Å². The van der Waals surface area contributed by atoms with Gasteiger partial charge in [0, 0.05) is 18.4 Å². The largest absolute Gasteiger partial charge is 0.459 e. The Balaban J connectivity index is 2.21. The van der Waals surface area contributed by atoms with Gasteiger partial charge in [0.05, 0.1) is 0 Å². The molecule has 1 aliphatic carbocycles. The maximum Gasteiger partial charge on any atom is 0.325 e. The van der Waals surface area contributed by atoms with Crippen molar-refractivity contribution in [3.63, 3.8) is 0 Å². The van der Waals surface area contributed by atoms with E-state index in [0.717, 1.165) is 11.1 Å². The number of esters is 1. The van der Waals surface area contributed by atoms with Gasteiger partial charge in [-0.05, 0) is 44.4 Å². The van der Waals surface area contributed by atoms with E-state index in [1.54, 1.807) is 39.0 Å². The molecule has 3 rings (SSSR count). The minimum atomic E-state index is -1.53. The Bertz CT molecular complexity index is 979. The molecule has 4 nitrogen and oxygen atoms in total. The normalized spacial score (nSPS) is 19.0. The van der Waals surface area contributed by atoms with Crippen molar-refractivity contribution < 1.29 is 19.1 Å². The predicted molar refractivity (Wildman–Crippen MR) is 112 cm³/mol. The molecule has 1 atom stereocenters. The third-order valence-corrected chi connectivity index (χ3v) is 4.98. The molecule has 0 N–H and O–H groups in total. The second-order valence-electron chi connectivity index (χ2n) is 8.53. The van der Waals surface area contributed by atoms with Gasteiger partial charge in [0.25, 0.3) is 0 Å². The van der Waals surface area contributed by atoms with Crippen molar-refractivity contribution in [2.45, 2.75) is 46.1 Å². The summed E-state index contributed by atoms with van der Waals surface area (Å²) in [7, 11) is 0. The molecule has 0 aromatic heterocycles. The molecule has 29 heavy (non-hydrogen) atoms. The van der Waals surface area contributed by atoms with Gasteiger partial charge in [0.15, 0.2) is 11.2 Å². The summed E-state index contributed by atoms with van der Waals surface area (Å²) >= 11 is 0. The van der Waals surface area contributed by atoms with E-state index < -0.39 is 17.0 Å². The summed E-state index contributed by atoms with van der Waals surface area (Å²) in [5, 5.41) is 0. The topological polar surface area (TPSA) is 60.4 Å². The fourth-order valence-corrected chi connectivity index (χ4v) is 3.76. The molecule has 0 heterocycles. The van der Waals surface area contributed by atoms with Crippen LogP contribution in [0.3, 0.4) is 0 Å². The summed E-state index contributed by atoms with van der Waals surface area (Å²) in [4.78, 5) is 39.2. The number of rotatable bonds is 5. The zero-order chi connectivity index (χ0) is 21.2. The van der Waals surface area contributed by atoms with E-state index in [2.05, 4.69) is 0 Å². The van der Waals surface area contributed by atoms with Gasteiger partial charge >= 0.3 is 5.97 Å². The average Bonchev–Trinajstić information content (AvgIpc) is 2.94. The van der Waals surface area contributed by atoms with Crippen molar-refractivity contribution in [2.24, 2.45) is 5.41 Å². The summed E-state index contributed by atoms with van der Waals surface area (Å²) in [5.74, 6) is -1.01. The molecule has 0 saturated heterocycles. The molecule has 1 aliphatic rings. The summed E-state index contributed by atoms with van der Waals surface area (Å²) in [6.45, 7) is 6.79. The molecule has 4 heteroatoms. The average molecular weight is 390 g/mol. The standard InChI is InChI=1S/C25H26O4/c1-17(26)14-20(15-18-10-6-5-7-11-18)25(23(28)29-24(2,3)4)16-19-12-8-9-13-21(19)22(25)27/h5-13,15H,14,16H2,1-4H3/b20-15+/t25-/m0/s1. The first kappa shape index (κ1) is 20.7. The highest BCUT2D eigenvalue weighted by Crippen LogP contribution is 2.46. The van der Waals surface area contributed by atoms with E-state index in [1.165, 1.54) is 6.92 Å². The van der Waals surface area contributed by atoms with Crippen molar-refractivity contribution in [1.82, 2.24) is 0 Å². The number of benzene rings is 2. The van der Waals surface area contributed by atoms with Crippen LogP contribution in [0.4, 0.5) is 0 Å². The number of Topliss-reactive ketones (excluding diaryl/α,β-unsaturated/α-hetero) is 2. The zero-order valence-corrected chi connectivity index (χ0v) is 17.3. The second-order valence-corrected chi connectivity index (χ2v) is 8.53. The van der Waals surface area contributed by atoms with Crippen LogP contribution in [0.15, 0.2) is 60.2 Å². The fraction of sp³-hybridized carbons (Fsp3) is 0.320. The molecule has 150 valence electrons. The van der Waals surface area contributed by atoms with Crippen LogP contribution >= 0.6 is 0 Å². The summed E-state index contributed by atoms with van der Waals surface area (Å²) < 4.78 is 5.71. The lowest BCUT2D eigenvalue weighted by atomic mass is 9.73. The van der Waals surface area contributed by atoms with Crippen LogP contribution in [0.25, 0.3) is 6.08 Å². The zero-order valence-electron chi connectivity index (χ0n) is 17.3. The van der Waals surface area contributed by atoms with Gasteiger partial charge in [-0.1, -0.05) is 60.7 Å². The van der Waals surface area contributed by atoms with Gasteiger partial charge in [0.1, 0.15) is 11.4 Å². The van der Waals surface area contributed by atoms with Gasteiger partial charge < -0.3 is 4.74 Å². The molecule has 0 bridgehead atoms. The summed E-state index contributed by atoms with van der Waals surface area (Å²) in [6, 6.07) is 16.6. The molecule has 0 radical (unpaired) electrons. The smallest absolute Gasteiger partial charge is 0.325 e. The third-order valence-electron chi connectivity index (χ3n) is 4.98. The number of carbonyl (C=O) groups excluding carboxylic acids is 3. The van der Waals surface area contributed by atoms with Crippen molar-refractivity contribution in [2.75, 3.05) is 0 Å². The number of ketones is 2. The van der Waals surface area contributed by atoms with Gasteiger partial charge in [0.2, 0.25) is 0 Å². The number of ether oxygens (including phenoxy) is 1. The number of hydrogen-bond acceptors (Lipinski definition) is 4. The minimum Gasteiger partial charge on any atom is -0.459 e. The lowest BCUT2D eigenvalue weighted by Gasteiger charge is -2.32. The van der Waals surface area contributed by atoms with Crippen molar-refractivity contribution in [1.29, 1.82) is 0 Å². The first-order valence-corrected chi connectivity index (χ1v) is 9.75. The maximum absolute atomic E-state index is 13.6. The Morgan fingerprint density at radius 1 is 1.03 bits per heavy atom. The van der Waals surface area contributed by atoms with E-state index in [4.69, 9.17) is 4.74 Å². The first-order chi connectivity index (χ1) is 13.6. The Labute approximate surface area is 171 Å². The Hall–Kier alpha value is -3.01. The van der Waals surface area contributed by atoms with Crippen LogP contribution in [0.5, 0.6) is 0 Å². The molecular weight excluding hydrogens is 364 g/mol. The molecule has 0 fully saturated rings. The van der Waals surface area contributed by atoms with Crippen LogP contribution in [0.2, 0.25) is 0 Å². The van der Waals surface area contributed by atoms with Crippen molar-refractivity contribution >= 4 is 23.6 Å². The first-order valence-electron chi connectivity index (χ1n) is 9.75. The van der Waals surface area contributed by atoms with Crippen molar-refractivity contribution in [3.05, 3.63) is 76.9 Å². The van der Waals surface area contributed by atoms with Gasteiger partial charge in [-0.2, -0.15) is 0 Å². The molecular formula is C25H26O4. The van der Waals surface area contributed by atoms with Crippen LogP contribution in [0, 0.1) is 5.41 Å². The number of fused-ring (bicyclic) bond motifs is 1. The molecule has 0 aliphatic heterocycles. The van der Waals surface area contributed by atoms with Crippen LogP contribution in [-0.2, 0) is 20.7 Å². The number of hydrogen-bond donors (Lipinski definition) is 0. The molecule has 2 aromatic rings. The third kappa shape index (κ3) is 4.21. The maximum atomic E-state index is 13.6. The second kappa shape index (κ2) is 7.78. The molecule has 0 unspecified atom stereocenters. The summed E-state index contributed by atoms with van der Waals surface area (Å²) in [5.41, 5.74) is 0.333. The molecule has 0 saturated carbocycles. The molecule has 2 aromatic carbocycles. The predicted octanol–water partition coefficient (Wildman–Crippen LogP) is 4.82. The monoisotopic (exact) mass is 390 g/mol. The van der Waals surface area contributed by atoms with Gasteiger partial charge in [-0.15, -0.1) is 0 Å². The van der Waals surface area contributed by atoms with Crippen molar-refractivity contribution in [3.8, 4) is 0 Å². The Morgan fingerprint density at radius 2 is 1.66 bits per heavy atom. The molecule has 0 spiro atoms. The quantitative estimate of drug-likeness (QED) is 0.543. The lowest BCUT2D eigenvalue weighted by Crippen LogP contribution is -2.44. The SMILES string of the molecule is CC(=O)C/C(=C\c1ccccc1)[C@@]1(C(=O)OC(C)(C)C)Cc2ccccc2C1=O. The van der Waals surface area contributed by atoms with E-state index in [9.17, 15) is 14.4 Å². The van der Waals surface area contributed by atoms with E-state index in [1.807, 2.05) is 42.5 Å². The van der Waals surface area contributed by atoms with Crippen LogP contribution in [0.1, 0.15) is 55.6 Å². The Kier molecular flexibility index (Phi) is 5.56.